The van der Waals surface area contributed by atoms with E-state index in [1.54, 1.807) is 0 Å². The summed E-state index contributed by atoms with van der Waals surface area (Å²) >= 11 is 0. The van der Waals surface area contributed by atoms with Gasteiger partial charge in [-0.25, -0.2) is 4.98 Å². The van der Waals surface area contributed by atoms with Gasteiger partial charge in [0.15, 0.2) is 0 Å². The summed E-state index contributed by atoms with van der Waals surface area (Å²) in [4.78, 5) is 17.1. The van der Waals surface area contributed by atoms with E-state index in [4.69, 9.17) is 5.73 Å². The lowest BCUT2D eigenvalue weighted by Gasteiger charge is -2.24. The largest absolute Gasteiger partial charge is 0.406 e. The Morgan fingerprint density at radius 2 is 1.86 bits per heavy atom. The number of carbonyl (C=O) groups excluding carboxylic acids is 1. The summed E-state index contributed by atoms with van der Waals surface area (Å²) in [5, 5.41) is 0. The van der Waals surface area contributed by atoms with Gasteiger partial charge in [-0.05, 0) is 19.1 Å². The minimum Gasteiger partial charge on any atom is -0.384 e. The monoisotopic (exact) mass is 303 g/mol. The standard InChI is InChI=1S/C14H20F3N3O/c1-5-20(8-14(15,16)17)12(21)9-6-10(13(2,3)4)19-11(18)7-9/h6-7H,5,8H2,1-4H3,(H2,18,19). The van der Waals surface area contributed by atoms with Gasteiger partial charge in [0, 0.05) is 23.2 Å². The van der Waals surface area contributed by atoms with Crippen LogP contribution in [0.4, 0.5) is 19.0 Å². The van der Waals surface area contributed by atoms with E-state index in [-0.39, 0.29) is 23.3 Å². The number of nitrogens with zero attached hydrogens (tertiary/aromatic N) is 2. The Balaban J connectivity index is 3.14. The molecule has 21 heavy (non-hydrogen) atoms. The van der Waals surface area contributed by atoms with Gasteiger partial charge in [0.25, 0.3) is 5.91 Å². The highest BCUT2D eigenvalue weighted by atomic mass is 19.4. The molecule has 0 saturated carbocycles. The molecular weight excluding hydrogens is 283 g/mol. The van der Waals surface area contributed by atoms with Crippen LogP contribution in [0.1, 0.15) is 43.7 Å². The summed E-state index contributed by atoms with van der Waals surface area (Å²) in [6, 6.07) is 2.80. The fraction of sp³-hybridized carbons (Fsp3) is 0.571. The maximum Gasteiger partial charge on any atom is 0.406 e. The van der Waals surface area contributed by atoms with E-state index >= 15 is 0 Å². The topological polar surface area (TPSA) is 59.2 Å². The van der Waals surface area contributed by atoms with Crippen LogP contribution in [0.15, 0.2) is 12.1 Å². The second-order valence-corrected chi connectivity index (χ2v) is 5.85. The number of carbonyl (C=O) groups is 1. The maximum absolute atomic E-state index is 12.5. The van der Waals surface area contributed by atoms with Gasteiger partial charge in [0.05, 0.1) is 0 Å². The Bertz CT molecular complexity index is 521. The highest BCUT2D eigenvalue weighted by Crippen LogP contribution is 2.24. The third-order valence-corrected chi connectivity index (χ3v) is 2.90. The molecule has 0 spiro atoms. The first-order valence-corrected chi connectivity index (χ1v) is 6.58. The van der Waals surface area contributed by atoms with Crippen molar-refractivity contribution in [3.63, 3.8) is 0 Å². The van der Waals surface area contributed by atoms with E-state index in [1.807, 2.05) is 20.8 Å². The number of hydrogen-bond donors (Lipinski definition) is 1. The average Bonchev–Trinajstić information content (AvgIpc) is 2.32. The van der Waals surface area contributed by atoms with E-state index < -0.39 is 18.6 Å². The molecule has 0 bridgehead atoms. The van der Waals surface area contributed by atoms with Crippen molar-refractivity contribution >= 4 is 11.7 Å². The number of halogens is 3. The SMILES string of the molecule is CCN(CC(F)(F)F)C(=O)c1cc(N)nc(C(C)(C)C)c1. The number of rotatable bonds is 3. The molecule has 0 aromatic carbocycles. The minimum absolute atomic E-state index is 0.0363. The van der Waals surface area contributed by atoms with Gasteiger partial charge < -0.3 is 10.6 Å². The highest BCUT2D eigenvalue weighted by molar-refractivity contribution is 5.95. The molecule has 4 nitrogen and oxygen atoms in total. The van der Waals surface area contributed by atoms with E-state index in [9.17, 15) is 18.0 Å². The molecule has 2 N–H and O–H groups in total. The van der Waals surface area contributed by atoms with Crippen molar-refractivity contribution in [3.8, 4) is 0 Å². The first-order chi connectivity index (χ1) is 9.44. The number of nitrogen functional groups attached to an aromatic ring is 1. The van der Waals surface area contributed by atoms with Crippen LogP contribution in [-0.4, -0.2) is 35.1 Å². The third kappa shape index (κ3) is 4.91. The molecule has 0 radical (unpaired) electrons. The van der Waals surface area contributed by atoms with Crippen molar-refractivity contribution in [3.05, 3.63) is 23.4 Å². The van der Waals surface area contributed by atoms with Crippen molar-refractivity contribution in [2.45, 2.75) is 39.3 Å². The quantitative estimate of drug-likeness (QED) is 0.934. The minimum atomic E-state index is -4.43. The smallest absolute Gasteiger partial charge is 0.384 e. The Kier molecular flexibility index (Phi) is 4.86. The first kappa shape index (κ1) is 17.3. The van der Waals surface area contributed by atoms with Gasteiger partial charge in [-0.15, -0.1) is 0 Å². The molecule has 0 atom stereocenters. The third-order valence-electron chi connectivity index (χ3n) is 2.90. The zero-order chi connectivity index (χ0) is 16.4. The Hall–Kier alpha value is -1.79. The van der Waals surface area contributed by atoms with Crippen LogP contribution in [0.25, 0.3) is 0 Å². The number of nitrogens with two attached hydrogens (primary N) is 1. The van der Waals surface area contributed by atoms with Gasteiger partial charge in [-0.3, -0.25) is 4.79 Å². The second kappa shape index (κ2) is 5.91. The molecule has 0 aliphatic heterocycles. The first-order valence-electron chi connectivity index (χ1n) is 6.58. The molecule has 0 saturated heterocycles. The lowest BCUT2D eigenvalue weighted by atomic mass is 9.90. The van der Waals surface area contributed by atoms with Gasteiger partial charge >= 0.3 is 6.18 Å². The van der Waals surface area contributed by atoms with Gasteiger partial charge in [0.2, 0.25) is 0 Å². The van der Waals surface area contributed by atoms with Crippen molar-refractivity contribution in [2.75, 3.05) is 18.8 Å². The lowest BCUT2D eigenvalue weighted by Crippen LogP contribution is -2.39. The van der Waals surface area contributed by atoms with E-state index in [0.717, 1.165) is 4.90 Å². The summed E-state index contributed by atoms with van der Waals surface area (Å²) in [6.45, 7) is 5.84. The van der Waals surface area contributed by atoms with Crippen LogP contribution >= 0.6 is 0 Å². The molecule has 0 aliphatic carbocycles. The summed E-state index contributed by atoms with van der Waals surface area (Å²) in [5.74, 6) is -0.580. The van der Waals surface area contributed by atoms with Crippen molar-refractivity contribution in [2.24, 2.45) is 0 Å². The fourth-order valence-electron chi connectivity index (χ4n) is 1.79. The van der Waals surface area contributed by atoms with Crippen LogP contribution in [0, 0.1) is 0 Å². The summed E-state index contributed by atoms with van der Waals surface area (Å²) in [5.41, 5.74) is 5.99. The Labute approximate surface area is 122 Å². The number of alkyl halides is 3. The van der Waals surface area contributed by atoms with Crippen LogP contribution in [0.5, 0.6) is 0 Å². The van der Waals surface area contributed by atoms with E-state index in [2.05, 4.69) is 4.98 Å². The molecule has 1 rings (SSSR count). The van der Waals surface area contributed by atoms with Crippen molar-refractivity contribution < 1.29 is 18.0 Å². The highest BCUT2D eigenvalue weighted by Gasteiger charge is 2.33. The maximum atomic E-state index is 12.5. The van der Waals surface area contributed by atoms with Crippen molar-refractivity contribution in [1.29, 1.82) is 0 Å². The number of amides is 1. The van der Waals surface area contributed by atoms with Crippen LogP contribution in [-0.2, 0) is 5.41 Å². The summed E-state index contributed by atoms with van der Waals surface area (Å²) in [7, 11) is 0. The Morgan fingerprint density at radius 1 is 1.29 bits per heavy atom. The number of hydrogen-bond acceptors (Lipinski definition) is 3. The number of anilines is 1. The van der Waals surface area contributed by atoms with E-state index in [1.165, 1.54) is 19.1 Å². The zero-order valence-electron chi connectivity index (χ0n) is 12.6. The number of pyridine rings is 1. The molecule has 118 valence electrons. The van der Waals surface area contributed by atoms with E-state index in [0.29, 0.717) is 5.69 Å². The zero-order valence-corrected chi connectivity index (χ0v) is 12.6. The molecule has 1 heterocycles. The molecule has 7 heteroatoms. The Morgan fingerprint density at radius 3 is 2.29 bits per heavy atom. The average molecular weight is 303 g/mol. The number of aromatic nitrogens is 1. The van der Waals surface area contributed by atoms with Crippen LogP contribution in [0.3, 0.4) is 0 Å². The van der Waals surface area contributed by atoms with Gasteiger partial charge in [-0.2, -0.15) is 13.2 Å². The molecule has 0 fully saturated rings. The molecule has 0 aliphatic rings. The molecular formula is C14H20F3N3O. The lowest BCUT2D eigenvalue weighted by molar-refractivity contribution is -0.140. The molecule has 0 unspecified atom stereocenters. The predicted molar refractivity (Wildman–Crippen MR) is 75.0 cm³/mol. The van der Waals surface area contributed by atoms with Gasteiger partial charge in [-0.1, -0.05) is 20.8 Å². The summed E-state index contributed by atoms with van der Waals surface area (Å²) in [6.07, 6.45) is -4.43. The predicted octanol–water partition coefficient (Wildman–Crippen LogP) is 2.99. The second-order valence-electron chi connectivity index (χ2n) is 5.85. The molecule has 1 amide bonds. The fourth-order valence-corrected chi connectivity index (χ4v) is 1.79. The molecule has 1 aromatic heterocycles. The van der Waals surface area contributed by atoms with Crippen LogP contribution in [0.2, 0.25) is 0 Å². The van der Waals surface area contributed by atoms with Crippen LogP contribution < -0.4 is 5.73 Å². The van der Waals surface area contributed by atoms with Crippen molar-refractivity contribution in [1.82, 2.24) is 9.88 Å². The van der Waals surface area contributed by atoms with Gasteiger partial charge in [0.1, 0.15) is 12.4 Å². The normalized spacial score (nSPS) is 12.3. The molecule has 1 aromatic rings. The summed E-state index contributed by atoms with van der Waals surface area (Å²) < 4.78 is 37.5.